The Hall–Kier alpha value is -0.510. The van der Waals surface area contributed by atoms with Crippen molar-refractivity contribution in [2.75, 3.05) is 18.8 Å². The summed E-state index contributed by atoms with van der Waals surface area (Å²) in [5, 5.41) is 3.69. The highest BCUT2D eigenvalue weighted by Gasteiger charge is 2.37. The topological polar surface area (TPSA) is 15.3 Å². The van der Waals surface area contributed by atoms with Crippen molar-refractivity contribution in [3.05, 3.63) is 29.8 Å². The number of hydrogen-bond acceptors (Lipinski definition) is 3. The summed E-state index contributed by atoms with van der Waals surface area (Å²) in [6, 6.07) is 11.3. The van der Waals surface area contributed by atoms with E-state index in [4.69, 9.17) is 0 Å². The third-order valence-corrected chi connectivity index (χ3v) is 6.06. The standard InChI is InChI=1S/C17H24N2S/c1-2-6-17-15(5-1)16(9-11-20-17)19(14-7-8-14)12-13-4-3-10-18-13/h1-2,5-6,13-14,16,18H,3-4,7-12H2. The summed E-state index contributed by atoms with van der Waals surface area (Å²) in [4.78, 5) is 4.36. The maximum absolute atomic E-state index is 3.69. The average molecular weight is 288 g/mol. The molecule has 0 spiro atoms. The van der Waals surface area contributed by atoms with Crippen LogP contribution in [0.25, 0.3) is 0 Å². The molecule has 1 saturated carbocycles. The lowest BCUT2D eigenvalue weighted by atomic mass is 10.0. The zero-order valence-corrected chi connectivity index (χ0v) is 12.9. The first-order chi connectivity index (χ1) is 9.92. The second-order valence-electron chi connectivity index (χ2n) is 6.41. The molecule has 3 aliphatic rings. The maximum Gasteiger partial charge on any atom is 0.0370 e. The molecule has 0 radical (unpaired) electrons. The molecular weight excluding hydrogens is 264 g/mol. The van der Waals surface area contributed by atoms with Crippen molar-refractivity contribution < 1.29 is 0 Å². The first kappa shape index (κ1) is 13.2. The van der Waals surface area contributed by atoms with E-state index in [0.29, 0.717) is 6.04 Å². The molecule has 2 heterocycles. The molecule has 3 heteroatoms. The number of hydrogen-bond donors (Lipinski definition) is 1. The van der Waals surface area contributed by atoms with E-state index >= 15 is 0 Å². The SMILES string of the molecule is c1ccc2c(c1)SCCC2N(CC1CCCN1)C1CC1. The van der Waals surface area contributed by atoms with Crippen molar-refractivity contribution in [2.45, 2.75) is 55.1 Å². The predicted molar refractivity (Wildman–Crippen MR) is 85.3 cm³/mol. The monoisotopic (exact) mass is 288 g/mol. The van der Waals surface area contributed by atoms with E-state index in [1.807, 2.05) is 11.8 Å². The number of nitrogens with one attached hydrogen (secondary N) is 1. The minimum Gasteiger partial charge on any atom is -0.313 e. The van der Waals surface area contributed by atoms with Gasteiger partial charge in [-0.2, -0.15) is 0 Å². The van der Waals surface area contributed by atoms with Crippen molar-refractivity contribution in [3.63, 3.8) is 0 Å². The molecule has 108 valence electrons. The predicted octanol–water partition coefficient (Wildman–Crippen LogP) is 3.44. The van der Waals surface area contributed by atoms with Crippen LogP contribution in [0.1, 0.15) is 43.7 Å². The zero-order valence-electron chi connectivity index (χ0n) is 12.1. The lowest BCUT2D eigenvalue weighted by Gasteiger charge is -2.37. The summed E-state index contributed by atoms with van der Waals surface area (Å²) in [6.07, 6.45) is 6.88. The van der Waals surface area contributed by atoms with Crippen molar-refractivity contribution in [1.82, 2.24) is 10.2 Å². The van der Waals surface area contributed by atoms with Crippen LogP contribution >= 0.6 is 11.8 Å². The fraction of sp³-hybridized carbons (Fsp3) is 0.647. The Balaban J connectivity index is 1.57. The van der Waals surface area contributed by atoms with Crippen LogP contribution in [0.15, 0.2) is 29.2 Å². The Morgan fingerprint density at radius 3 is 2.85 bits per heavy atom. The van der Waals surface area contributed by atoms with Crippen LogP contribution in [0.5, 0.6) is 0 Å². The Labute approximate surface area is 126 Å². The van der Waals surface area contributed by atoms with Gasteiger partial charge in [-0.3, -0.25) is 4.90 Å². The third kappa shape index (κ3) is 2.63. The number of rotatable bonds is 4. The molecule has 1 N–H and O–H groups in total. The fourth-order valence-electron chi connectivity index (χ4n) is 3.77. The molecule has 1 aromatic rings. The summed E-state index contributed by atoms with van der Waals surface area (Å²) in [5.74, 6) is 1.28. The largest absolute Gasteiger partial charge is 0.313 e. The van der Waals surface area contributed by atoms with Gasteiger partial charge in [0.05, 0.1) is 0 Å². The minimum atomic E-state index is 0.669. The molecular formula is C17H24N2S. The van der Waals surface area contributed by atoms with Crippen LogP contribution in [-0.2, 0) is 0 Å². The Morgan fingerprint density at radius 1 is 1.15 bits per heavy atom. The smallest absolute Gasteiger partial charge is 0.0370 e. The molecule has 1 saturated heterocycles. The van der Waals surface area contributed by atoms with E-state index in [1.54, 1.807) is 5.56 Å². The van der Waals surface area contributed by atoms with Gasteiger partial charge in [-0.1, -0.05) is 18.2 Å². The van der Waals surface area contributed by atoms with Crippen LogP contribution in [0, 0.1) is 0 Å². The molecule has 0 aromatic heterocycles. The molecule has 2 atom stereocenters. The van der Waals surface area contributed by atoms with Crippen LogP contribution in [0.4, 0.5) is 0 Å². The molecule has 2 unspecified atom stereocenters. The molecule has 0 amide bonds. The Kier molecular flexibility index (Phi) is 3.76. The molecule has 2 nitrogen and oxygen atoms in total. The van der Waals surface area contributed by atoms with E-state index in [0.717, 1.165) is 12.1 Å². The second kappa shape index (κ2) is 5.70. The zero-order chi connectivity index (χ0) is 13.4. The number of nitrogens with zero attached hydrogens (tertiary/aromatic N) is 1. The Morgan fingerprint density at radius 2 is 2.05 bits per heavy atom. The summed E-state index contributed by atoms with van der Waals surface area (Å²) >= 11 is 2.04. The normalized spacial score (nSPS) is 29.6. The van der Waals surface area contributed by atoms with Gasteiger partial charge in [-0.15, -0.1) is 11.8 Å². The lowest BCUT2D eigenvalue weighted by molar-refractivity contribution is 0.163. The highest BCUT2D eigenvalue weighted by atomic mass is 32.2. The van der Waals surface area contributed by atoms with Crippen LogP contribution < -0.4 is 5.32 Å². The van der Waals surface area contributed by atoms with Gasteiger partial charge >= 0.3 is 0 Å². The molecule has 1 aliphatic carbocycles. The molecule has 1 aromatic carbocycles. The van der Waals surface area contributed by atoms with E-state index in [1.165, 1.54) is 55.8 Å². The van der Waals surface area contributed by atoms with E-state index in [-0.39, 0.29) is 0 Å². The third-order valence-electron chi connectivity index (χ3n) is 4.94. The highest BCUT2D eigenvalue weighted by Crippen LogP contribution is 2.43. The lowest BCUT2D eigenvalue weighted by Crippen LogP contribution is -2.41. The van der Waals surface area contributed by atoms with Crippen LogP contribution in [0.2, 0.25) is 0 Å². The number of fused-ring (bicyclic) bond motifs is 1. The average Bonchev–Trinajstić information content (AvgIpc) is 3.21. The van der Waals surface area contributed by atoms with Crippen molar-refractivity contribution in [2.24, 2.45) is 0 Å². The van der Waals surface area contributed by atoms with Gasteiger partial charge in [0.15, 0.2) is 0 Å². The molecule has 2 aliphatic heterocycles. The van der Waals surface area contributed by atoms with Gasteiger partial charge in [-0.25, -0.2) is 0 Å². The van der Waals surface area contributed by atoms with Gasteiger partial charge < -0.3 is 5.32 Å². The fourth-order valence-corrected chi connectivity index (χ4v) is 4.88. The van der Waals surface area contributed by atoms with Crippen molar-refractivity contribution in [1.29, 1.82) is 0 Å². The van der Waals surface area contributed by atoms with Crippen LogP contribution in [-0.4, -0.2) is 35.8 Å². The Bertz CT molecular complexity index is 466. The quantitative estimate of drug-likeness (QED) is 0.913. The second-order valence-corrected chi connectivity index (χ2v) is 7.55. The van der Waals surface area contributed by atoms with Gasteiger partial charge in [0, 0.05) is 29.6 Å². The van der Waals surface area contributed by atoms with Gasteiger partial charge in [0.1, 0.15) is 0 Å². The van der Waals surface area contributed by atoms with Gasteiger partial charge in [-0.05, 0) is 56.0 Å². The summed E-state index contributed by atoms with van der Waals surface area (Å²) < 4.78 is 0. The van der Waals surface area contributed by atoms with E-state index < -0.39 is 0 Å². The van der Waals surface area contributed by atoms with Crippen molar-refractivity contribution in [3.8, 4) is 0 Å². The highest BCUT2D eigenvalue weighted by molar-refractivity contribution is 7.99. The van der Waals surface area contributed by atoms with Crippen molar-refractivity contribution >= 4 is 11.8 Å². The van der Waals surface area contributed by atoms with Gasteiger partial charge in [0.25, 0.3) is 0 Å². The number of thioether (sulfide) groups is 1. The summed E-state index contributed by atoms with van der Waals surface area (Å²) in [7, 11) is 0. The van der Waals surface area contributed by atoms with E-state index in [2.05, 4.69) is 34.5 Å². The first-order valence-corrected chi connectivity index (χ1v) is 9.11. The molecule has 4 rings (SSSR count). The molecule has 2 fully saturated rings. The summed E-state index contributed by atoms with van der Waals surface area (Å²) in [6.45, 7) is 2.48. The summed E-state index contributed by atoms with van der Waals surface area (Å²) in [5.41, 5.74) is 1.59. The van der Waals surface area contributed by atoms with Crippen LogP contribution in [0.3, 0.4) is 0 Å². The molecule has 20 heavy (non-hydrogen) atoms. The van der Waals surface area contributed by atoms with E-state index in [9.17, 15) is 0 Å². The molecule has 0 bridgehead atoms. The number of benzene rings is 1. The van der Waals surface area contributed by atoms with Gasteiger partial charge in [0.2, 0.25) is 0 Å². The first-order valence-electron chi connectivity index (χ1n) is 8.12. The minimum absolute atomic E-state index is 0.669. The maximum atomic E-state index is 3.69.